The van der Waals surface area contributed by atoms with Gasteiger partial charge in [0.25, 0.3) is 0 Å². The summed E-state index contributed by atoms with van der Waals surface area (Å²) in [6.07, 6.45) is 3.54. The van der Waals surface area contributed by atoms with Crippen LogP contribution >= 0.6 is 0 Å². The number of nitrogens with two attached hydrogens (primary N) is 1. The maximum absolute atomic E-state index is 13.7. The molecule has 0 aliphatic carbocycles. The Morgan fingerprint density at radius 1 is 1.10 bits per heavy atom. The second-order valence-electron chi connectivity index (χ2n) is 10.9. The van der Waals surface area contributed by atoms with Gasteiger partial charge in [0.1, 0.15) is 17.6 Å². The zero-order valence-electron chi connectivity index (χ0n) is 24.5. The molecule has 1 saturated heterocycles. The van der Waals surface area contributed by atoms with Gasteiger partial charge in [-0.15, -0.1) is 6.58 Å². The third-order valence-corrected chi connectivity index (χ3v) is 10.2. The second kappa shape index (κ2) is 12.8. The highest BCUT2D eigenvalue weighted by Crippen LogP contribution is 2.41. The number of rotatable bonds is 12. The molecule has 2 aromatic carbocycles. The SMILES string of the molecule is C=CC(c1cccc(CN)c1)S(=O)(=O)N1CCC(N2N=C(c3ccc(OCC)c(OCC)c3)C(C)(C)C2C=O)CC1. The van der Waals surface area contributed by atoms with Gasteiger partial charge in [-0.2, -0.15) is 5.10 Å². The molecular formula is C31H42N4O5S. The van der Waals surface area contributed by atoms with Crippen molar-refractivity contribution in [1.82, 2.24) is 9.31 Å². The molecule has 0 radical (unpaired) electrons. The highest BCUT2D eigenvalue weighted by atomic mass is 32.2. The molecule has 2 aliphatic rings. The average molecular weight is 583 g/mol. The Kier molecular flexibility index (Phi) is 9.56. The van der Waals surface area contributed by atoms with Crippen molar-refractivity contribution in [2.75, 3.05) is 26.3 Å². The number of sulfonamides is 1. The number of benzene rings is 2. The minimum absolute atomic E-state index is 0.0785. The van der Waals surface area contributed by atoms with Crippen molar-refractivity contribution in [2.24, 2.45) is 16.3 Å². The fraction of sp³-hybridized carbons (Fsp3) is 0.484. The zero-order valence-corrected chi connectivity index (χ0v) is 25.3. The summed E-state index contributed by atoms with van der Waals surface area (Å²) < 4.78 is 40.4. The van der Waals surface area contributed by atoms with E-state index in [9.17, 15) is 13.2 Å². The average Bonchev–Trinajstić information content (AvgIpc) is 3.24. The molecule has 222 valence electrons. The van der Waals surface area contributed by atoms with Gasteiger partial charge >= 0.3 is 0 Å². The van der Waals surface area contributed by atoms with Crippen molar-refractivity contribution in [2.45, 2.75) is 64.4 Å². The van der Waals surface area contributed by atoms with Crippen molar-refractivity contribution in [3.05, 3.63) is 71.8 Å². The van der Waals surface area contributed by atoms with Crippen LogP contribution in [0.5, 0.6) is 11.5 Å². The van der Waals surface area contributed by atoms with Gasteiger partial charge in [-0.25, -0.2) is 12.7 Å². The number of piperidine rings is 1. The van der Waals surface area contributed by atoms with Crippen LogP contribution in [0.4, 0.5) is 0 Å². The van der Waals surface area contributed by atoms with Crippen LogP contribution in [0.15, 0.2) is 60.2 Å². The van der Waals surface area contributed by atoms with E-state index in [1.807, 2.05) is 69.1 Å². The lowest BCUT2D eigenvalue weighted by atomic mass is 9.78. The van der Waals surface area contributed by atoms with Crippen LogP contribution in [0.25, 0.3) is 0 Å². The van der Waals surface area contributed by atoms with Gasteiger partial charge in [-0.1, -0.05) is 44.2 Å². The summed E-state index contributed by atoms with van der Waals surface area (Å²) in [6.45, 7) is 13.7. The Morgan fingerprint density at radius 2 is 1.78 bits per heavy atom. The number of hydrogen-bond acceptors (Lipinski definition) is 8. The van der Waals surface area contributed by atoms with E-state index in [1.54, 1.807) is 6.07 Å². The second-order valence-corrected chi connectivity index (χ2v) is 13.0. The number of carbonyl (C=O) groups excluding carboxylic acids is 1. The first-order valence-corrected chi connectivity index (χ1v) is 15.8. The maximum atomic E-state index is 13.7. The Balaban J connectivity index is 1.56. The molecule has 4 rings (SSSR count). The number of hydrogen-bond donors (Lipinski definition) is 1. The highest BCUT2D eigenvalue weighted by Gasteiger charge is 2.48. The van der Waals surface area contributed by atoms with E-state index < -0.39 is 26.7 Å². The number of nitrogens with zero attached hydrogens (tertiary/aromatic N) is 3. The lowest BCUT2D eigenvalue weighted by Crippen LogP contribution is -2.50. The van der Waals surface area contributed by atoms with E-state index in [2.05, 4.69) is 6.58 Å². The summed E-state index contributed by atoms with van der Waals surface area (Å²) in [4.78, 5) is 12.4. The molecule has 0 amide bonds. The molecule has 0 spiro atoms. The lowest BCUT2D eigenvalue weighted by molar-refractivity contribution is -0.115. The first-order valence-electron chi connectivity index (χ1n) is 14.2. The smallest absolute Gasteiger partial charge is 0.224 e. The number of carbonyl (C=O) groups is 1. The Hall–Kier alpha value is -3.21. The normalized spacial score (nSPS) is 20.4. The summed E-state index contributed by atoms with van der Waals surface area (Å²) in [5.74, 6) is 1.30. The van der Waals surface area contributed by atoms with Gasteiger partial charge < -0.3 is 20.0 Å². The Labute approximate surface area is 244 Å². The van der Waals surface area contributed by atoms with Crippen LogP contribution in [0.1, 0.15) is 62.5 Å². The molecule has 2 unspecified atom stereocenters. The molecule has 9 nitrogen and oxygen atoms in total. The molecule has 2 aliphatic heterocycles. The first kappa shape index (κ1) is 30.7. The molecule has 2 atom stereocenters. The van der Waals surface area contributed by atoms with Crippen LogP contribution in [0.3, 0.4) is 0 Å². The van der Waals surface area contributed by atoms with Crippen molar-refractivity contribution >= 4 is 22.0 Å². The largest absolute Gasteiger partial charge is 0.490 e. The van der Waals surface area contributed by atoms with Gasteiger partial charge in [0.05, 0.1) is 25.0 Å². The van der Waals surface area contributed by atoms with Crippen molar-refractivity contribution in [3.8, 4) is 11.5 Å². The van der Waals surface area contributed by atoms with E-state index >= 15 is 0 Å². The monoisotopic (exact) mass is 582 g/mol. The van der Waals surface area contributed by atoms with Crippen LogP contribution in [-0.2, 0) is 21.4 Å². The number of ether oxygens (including phenoxy) is 2. The fourth-order valence-corrected chi connectivity index (χ4v) is 7.57. The molecule has 41 heavy (non-hydrogen) atoms. The third kappa shape index (κ3) is 6.05. The van der Waals surface area contributed by atoms with Crippen LogP contribution in [0.2, 0.25) is 0 Å². The minimum Gasteiger partial charge on any atom is -0.490 e. The predicted molar refractivity (Wildman–Crippen MR) is 162 cm³/mol. The van der Waals surface area contributed by atoms with Gasteiger partial charge in [0, 0.05) is 30.6 Å². The van der Waals surface area contributed by atoms with Crippen LogP contribution in [-0.4, -0.2) is 68.1 Å². The van der Waals surface area contributed by atoms with Crippen molar-refractivity contribution in [3.63, 3.8) is 0 Å². The summed E-state index contributed by atoms with van der Waals surface area (Å²) in [5.41, 5.74) is 8.40. The summed E-state index contributed by atoms with van der Waals surface area (Å²) in [6, 6.07) is 12.5. The molecular weight excluding hydrogens is 540 g/mol. The standard InChI is InChI=1S/C31H42N4O5S/c1-6-28(23-11-9-10-22(18-23)20-32)41(37,38)34-16-14-25(15-17-34)35-29(21-36)31(4,5)30(33-35)24-12-13-26(39-7-2)27(19-24)40-8-3/h6,9-13,18-19,21,25,28-29H,1,7-8,14-17,20,32H2,2-5H3. The molecule has 0 aromatic heterocycles. The summed E-state index contributed by atoms with van der Waals surface area (Å²) >= 11 is 0. The zero-order chi connectivity index (χ0) is 29.8. The fourth-order valence-electron chi connectivity index (χ4n) is 5.80. The lowest BCUT2D eigenvalue weighted by Gasteiger charge is -2.39. The van der Waals surface area contributed by atoms with Crippen molar-refractivity contribution < 1.29 is 22.7 Å². The van der Waals surface area contributed by atoms with E-state index in [4.69, 9.17) is 20.3 Å². The molecule has 2 heterocycles. The number of aldehydes is 1. The van der Waals surface area contributed by atoms with Crippen LogP contribution in [0, 0.1) is 5.41 Å². The summed E-state index contributed by atoms with van der Waals surface area (Å²) in [7, 11) is -3.69. The number of hydrazone groups is 1. The van der Waals surface area contributed by atoms with Gasteiger partial charge in [0.2, 0.25) is 10.0 Å². The molecule has 0 saturated carbocycles. The van der Waals surface area contributed by atoms with Crippen molar-refractivity contribution in [1.29, 1.82) is 0 Å². The van der Waals surface area contributed by atoms with E-state index in [1.165, 1.54) is 10.4 Å². The maximum Gasteiger partial charge on any atom is 0.224 e. The quantitative estimate of drug-likeness (QED) is 0.294. The Morgan fingerprint density at radius 3 is 2.39 bits per heavy atom. The third-order valence-electron chi connectivity index (χ3n) is 8.00. The Bertz CT molecular complexity index is 1380. The van der Waals surface area contributed by atoms with E-state index in [0.717, 1.165) is 23.1 Å². The summed E-state index contributed by atoms with van der Waals surface area (Å²) in [5, 5.41) is 6.02. The van der Waals surface area contributed by atoms with E-state index in [0.29, 0.717) is 62.8 Å². The van der Waals surface area contributed by atoms with Gasteiger partial charge in [-0.3, -0.25) is 5.01 Å². The molecule has 0 bridgehead atoms. The van der Waals surface area contributed by atoms with E-state index in [-0.39, 0.29) is 6.04 Å². The minimum atomic E-state index is -3.69. The molecule has 10 heteroatoms. The van der Waals surface area contributed by atoms with Gasteiger partial charge in [0.15, 0.2) is 11.5 Å². The first-order chi connectivity index (χ1) is 19.6. The topological polar surface area (TPSA) is 115 Å². The van der Waals surface area contributed by atoms with Crippen LogP contribution < -0.4 is 15.2 Å². The molecule has 2 aromatic rings. The predicted octanol–water partition coefficient (Wildman–Crippen LogP) is 4.28. The molecule has 1 fully saturated rings. The molecule has 2 N–H and O–H groups in total. The highest BCUT2D eigenvalue weighted by molar-refractivity contribution is 7.89. The van der Waals surface area contributed by atoms with Gasteiger partial charge in [-0.05, 0) is 56.0 Å².